The van der Waals surface area contributed by atoms with E-state index in [-0.39, 0.29) is 18.0 Å². The van der Waals surface area contributed by atoms with Crippen LogP contribution in [0.25, 0.3) is 0 Å². The SMILES string of the molecule is O=C(c1ccc(C[C@@H]2CC[C@H](C(O)c3cccnc3)N2C(=O)O)cc1)N1CCCC(n2cccn2)C1. The Labute approximate surface area is 210 Å². The van der Waals surface area contributed by atoms with Gasteiger partial charge in [0.25, 0.3) is 5.91 Å². The molecule has 3 aromatic rings. The molecule has 2 aliphatic heterocycles. The van der Waals surface area contributed by atoms with Crippen molar-refractivity contribution in [3.05, 3.63) is 83.9 Å². The quantitative estimate of drug-likeness (QED) is 0.548. The van der Waals surface area contributed by atoms with Gasteiger partial charge in [-0.05, 0) is 61.9 Å². The Morgan fingerprint density at radius 2 is 1.89 bits per heavy atom. The Balaban J connectivity index is 1.23. The van der Waals surface area contributed by atoms with Gasteiger partial charge in [-0.15, -0.1) is 0 Å². The molecule has 0 bridgehead atoms. The summed E-state index contributed by atoms with van der Waals surface area (Å²) >= 11 is 0. The molecular formula is C27H31N5O4. The third-order valence-corrected chi connectivity index (χ3v) is 7.41. The third-order valence-electron chi connectivity index (χ3n) is 7.41. The second-order valence-electron chi connectivity index (χ2n) is 9.65. The van der Waals surface area contributed by atoms with Crippen LogP contribution >= 0.6 is 0 Å². The molecular weight excluding hydrogens is 458 g/mol. The number of hydrogen-bond donors (Lipinski definition) is 2. The van der Waals surface area contributed by atoms with E-state index in [9.17, 15) is 19.8 Å². The molecule has 0 radical (unpaired) electrons. The molecule has 4 heterocycles. The summed E-state index contributed by atoms with van der Waals surface area (Å²) in [5, 5.41) is 25.1. The van der Waals surface area contributed by atoms with E-state index in [1.807, 2.05) is 46.1 Å². The number of benzene rings is 1. The van der Waals surface area contributed by atoms with Gasteiger partial charge >= 0.3 is 6.09 Å². The predicted molar refractivity (Wildman–Crippen MR) is 132 cm³/mol. The van der Waals surface area contributed by atoms with Gasteiger partial charge in [0.2, 0.25) is 0 Å². The molecule has 2 fully saturated rings. The van der Waals surface area contributed by atoms with Gasteiger partial charge in [-0.2, -0.15) is 5.10 Å². The van der Waals surface area contributed by atoms with Crippen LogP contribution in [-0.2, 0) is 6.42 Å². The lowest BCUT2D eigenvalue weighted by atomic mass is 10.0. The van der Waals surface area contributed by atoms with Gasteiger partial charge in [-0.1, -0.05) is 18.2 Å². The van der Waals surface area contributed by atoms with E-state index in [0.29, 0.717) is 36.9 Å². The zero-order chi connectivity index (χ0) is 25.1. The number of nitrogens with zero attached hydrogens (tertiary/aromatic N) is 5. The van der Waals surface area contributed by atoms with Gasteiger partial charge < -0.3 is 15.1 Å². The minimum Gasteiger partial charge on any atom is -0.465 e. The minimum atomic E-state index is -1.03. The van der Waals surface area contributed by atoms with Crippen LogP contribution in [0.5, 0.6) is 0 Å². The number of carboxylic acid groups (broad SMARTS) is 1. The molecule has 2 saturated heterocycles. The van der Waals surface area contributed by atoms with Crippen molar-refractivity contribution in [3.63, 3.8) is 0 Å². The Kier molecular flexibility index (Phi) is 6.99. The Morgan fingerprint density at radius 1 is 1.06 bits per heavy atom. The van der Waals surface area contributed by atoms with Gasteiger partial charge in [0.05, 0.1) is 12.1 Å². The first-order valence-corrected chi connectivity index (χ1v) is 12.5. The van der Waals surface area contributed by atoms with Gasteiger partial charge in [0, 0.05) is 55.0 Å². The summed E-state index contributed by atoms with van der Waals surface area (Å²) in [6.45, 7) is 1.37. The summed E-state index contributed by atoms with van der Waals surface area (Å²) < 4.78 is 1.93. The number of carbonyl (C=O) groups excluding carboxylic acids is 1. The number of amides is 2. The van der Waals surface area contributed by atoms with Crippen LogP contribution < -0.4 is 0 Å². The fourth-order valence-electron chi connectivity index (χ4n) is 5.58. The van der Waals surface area contributed by atoms with Crippen molar-refractivity contribution in [2.75, 3.05) is 13.1 Å². The molecule has 2 N–H and O–H groups in total. The summed E-state index contributed by atoms with van der Waals surface area (Å²) in [5.41, 5.74) is 2.21. The van der Waals surface area contributed by atoms with E-state index >= 15 is 0 Å². The molecule has 4 atom stereocenters. The van der Waals surface area contributed by atoms with Crippen molar-refractivity contribution in [2.45, 2.75) is 56.3 Å². The molecule has 9 nitrogen and oxygen atoms in total. The Hall–Kier alpha value is -3.72. The van der Waals surface area contributed by atoms with E-state index in [2.05, 4.69) is 10.1 Å². The predicted octanol–water partition coefficient (Wildman–Crippen LogP) is 3.54. The van der Waals surface area contributed by atoms with Crippen molar-refractivity contribution in [2.24, 2.45) is 0 Å². The molecule has 0 aliphatic carbocycles. The van der Waals surface area contributed by atoms with Crippen molar-refractivity contribution in [1.29, 1.82) is 0 Å². The van der Waals surface area contributed by atoms with Crippen LogP contribution in [0.4, 0.5) is 4.79 Å². The largest absolute Gasteiger partial charge is 0.465 e. The van der Waals surface area contributed by atoms with Gasteiger partial charge in [-0.3, -0.25) is 19.4 Å². The Bertz CT molecular complexity index is 1170. The molecule has 0 spiro atoms. The second kappa shape index (κ2) is 10.5. The fraction of sp³-hybridized carbons (Fsp3) is 0.407. The van der Waals surface area contributed by atoms with Crippen LogP contribution in [0.1, 0.15) is 59.3 Å². The minimum absolute atomic E-state index is 0.00564. The fourth-order valence-corrected chi connectivity index (χ4v) is 5.58. The van der Waals surface area contributed by atoms with E-state index in [1.165, 1.54) is 4.90 Å². The van der Waals surface area contributed by atoms with Crippen LogP contribution in [0, 0.1) is 0 Å². The number of likely N-dealkylation sites (tertiary alicyclic amines) is 2. The number of piperidine rings is 1. The van der Waals surface area contributed by atoms with Crippen molar-refractivity contribution in [1.82, 2.24) is 24.6 Å². The molecule has 2 aromatic heterocycles. The van der Waals surface area contributed by atoms with Crippen LogP contribution in [0.3, 0.4) is 0 Å². The van der Waals surface area contributed by atoms with E-state index in [0.717, 1.165) is 24.9 Å². The van der Waals surface area contributed by atoms with Crippen LogP contribution in [0.15, 0.2) is 67.3 Å². The van der Waals surface area contributed by atoms with Crippen molar-refractivity contribution < 1.29 is 19.8 Å². The smallest absolute Gasteiger partial charge is 0.407 e. The first kappa shape index (κ1) is 24.0. The van der Waals surface area contributed by atoms with E-state index in [4.69, 9.17) is 0 Å². The average molecular weight is 490 g/mol. The normalized spacial score (nSPS) is 23.0. The summed E-state index contributed by atoms with van der Waals surface area (Å²) in [5.74, 6) is 0.00564. The highest BCUT2D eigenvalue weighted by molar-refractivity contribution is 5.94. The number of hydrogen-bond acceptors (Lipinski definition) is 5. The topological polar surface area (TPSA) is 112 Å². The first-order chi connectivity index (χ1) is 17.5. The average Bonchev–Trinajstić information content (AvgIpc) is 3.60. The van der Waals surface area contributed by atoms with Crippen molar-refractivity contribution in [3.8, 4) is 0 Å². The molecule has 0 saturated carbocycles. The first-order valence-electron chi connectivity index (χ1n) is 12.5. The Morgan fingerprint density at radius 3 is 2.58 bits per heavy atom. The standard InChI is InChI=1S/C27H31N5O4/c33-25(21-4-1-12-28-17-21)24-11-10-22(32(24)27(35)36)16-19-6-8-20(9-7-19)26(34)30-14-2-5-23(18-30)31-15-3-13-29-31/h1,3-4,6-9,12-13,15,17,22-25,33H,2,5,10-11,14,16,18H2,(H,35,36)/t22-,23?,24+,25?/m0/s1. The van der Waals surface area contributed by atoms with E-state index in [1.54, 1.807) is 30.7 Å². The van der Waals surface area contributed by atoms with Gasteiger partial charge in [-0.25, -0.2) is 4.79 Å². The molecule has 2 unspecified atom stereocenters. The second-order valence-corrected chi connectivity index (χ2v) is 9.65. The highest BCUT2D eigenvalue weighted by atomic mass is 16.4. The number of aliphatic hydroxyl groups excluding tert-OH is 1. The monoisotopic (exact) mass is 489 g/mol. The van der Waals surface area contributed by atoms with Crippen molar-refractivity contribution >= 4 is 12.0 Å². The lowest BCUT2D eigenvalue weighted by Crippen LogP contribution is -2.44. The van der Waals surface area contributed by atoms with Crippen LogP contribution in [0.2, 0.25) is 0 Å². The maximum atomic E-state index is 13.1. The highest BCUT2D eigenvalue weighted by Crippen LogP contribution is 2.34. The number of pyridine rings is 1. The summed E-state index contributed by atoms with van der Waals surface area (Å²) in [6.07, 6.45) is 8.66. The van der Waals surface area contributed by atoms with Gasteiger partial charge in [0.1, 0.15) is 6.10 Å². The molecule has 2 amide bonds. The summed E-state index contributed by atoms with van der Waals surface area (Å²) in [4.78, 5) is 32.6. The zero-order valence-corrected chi connectivity index (χ0v) is 20.1. The van der Waals surface area contributed by atoms with Crippen LogP contribution in [-0.4, -0.2) is 72.0 Å². The maximum Gasteiger partial charge on any atom is 0.407 e. The summed E-state index contributed by atoms with van der Waals surface area (Å²) in [7, 11) is 0. The number of aromatic nitrogens is 3. The lowest BCUT2D eigenvalue weighted by Gasteiger charge is -2.33. The molecule has 9 heteroatoms. The molecule has 188 valence electrons. The zero-order valence-electron chi connectivity index (χ0n) is 20.1. The maximum absolute atomic E-state index is 13.1. The third kappa shape index (κ3) is 4.97. The lowest BCUT2D eigenvalue weighted by molar-refractivity contribution is 0.0539. The number of carbonyl (C=O) groups is 2. The van der Waals surface area contributed by atoms with Gasteiger partial charge in [0.15, 0.2) is 0 Å². The number of rotatable bonds is 6. The number of aliphatic hydroxyl groups is 1. The van der Waals surface area contributed by atoms with E-state index < -0.39 is 18.2 Å². The highest BCUT2D eigenvalue weighted by Gasteiger charge is 2.41. The molecule has 5 rings (SSSR count). The summed E-state index contributed by atoms with van der Waals surface area (Å²) in [6, 6.07) is 12.3. The molecule has 36 heavy (non-hydrogen) atoms. The molecule has 2 aliphatic rings. The molecule has 1 aromatic carbocycles.